The van der Waals surface area contributed by atoms with Crippen molar-refractivity contribution in [2.45, 2.75) is 12.8 Å². The molecule has 1 heterocycles. The first kappa shape index (κ1) is 17.0. The van der Waals surface area contributed by atoms with Gasteiger partial charge in [-0.3, -0.25) is 9.10 Å². The highest BCUT2D eigenvalue weighted by molar-refractivity contribution is 9.10. The Morgan fingerprint density at radius 2 is 1.96 bits per heavy atom. The third-order valence-electron chi connectivity index (χ3n) is 3.93. The first-order chi connectivity index (χ1) is 11.4. The maximum atomic E-state index is 12.4. The molecule has 1 amide bonds. The number of sulfonamides is 1. The van der Waals surface area contributed by atoms with E-state index in [1.165, 1.54) is 10.6 Å². The van der Waals surface area contributed by atoms with E-state index in [0.29, 0.717) is 23.5 Å². The number of hydrogen-bond acceptors (Lipinski definition) is 3. The molecule has 0 atom stereocenters. The maximum Gasteiger partial charge on any atom is 0.256 e. The second-order valence-corrected chi connectivity index (χ2v) is 8.48. The van der Waals surface area contributed by atoms with Crippen molar-refractivity contribution < 1.29 is 13.2 Å². The van der Waals surface area contributed by atoms with Crippen molar-refractivity contribution in [1.29, 1.82) is 0 Å². The van der Waals surface area contributed by atoms with E-state index < -0.39 is 10.0 Å². The van der Waals surface area contributed by atoms with Crippen LogP contribution >= 0.6 is 15.9 Å². The molecule has 0 bridgehead atoms. The molecule has 3 rings (SSSR count). The number of aryl methyl sites for hydroxylation is 1. The average molecular weight is 409 g/mol. The molecule has 24 heavy (non-hydrogen) atoms. The van der Waals surface area contributed by atoms with Crippen LogP contribution < -0.4 is 9.62 Å². The van der Waals surface area contributed by atoms with Gasteiger partial charge in [0.15, 0.2) is 0 Å². The van der Waals surface area contributed by atoms with E-state index in [4.69, 9.17) is 0 Å². The fraction of sp³-hybridized carbons (Fsp3) is 0.235. The van der Waals surface area contributed by atoms with Gasteiger partial charge in [-0.1, -0.05) is 12.1 Å². The number of anilines is 2. The molecule has 0 saturated heterocycles. The summed E-state index contributed by atoms with van der Waals surface area (Å²) in [5.74, 6) is -0.210. The smallest absolute Gasteiger partial charge is 0.256 e. The molecule has 1 aliphatic heterocycles. The van der Waals surface area contributed by atoms with Gasteiger partial charge in [-0.2, -0.15) is 0 Å². The number of nitrogens with zero attached hydrogens (tertiary/aromatic N) is 1. The van der Waals surface area contributed by atoms with Gasteiger partial charge in [0, 0.05) is 16.7 Å². The van der Waals surface area contributed by atoms with E-state index in [1.807, 2.05) is 18.2 Å². The van der Waals surface area contributed by atoms with E-state index in [0.717, 1.165) is 22.9 Å². The van der Waals surface area contributed by atoms with Crippen LogP contribution in [0.4, 0.5) is 11.4 Å². The van der Waals surface area contributed by atoms with Gasteiger partial charge in [0.25, 0.3) is 5.91 Å². The second kappa shape index (κ2) is 6.57. The lowest BCUT2D eigenvalue weighted by Crippen LogP contribution is -2.34. The first-order valence-electron chi connectivity index (χ1n) is 7.53. The van der Waals surface area contributed by atoms with Gasteiger partial charge in [-0.05, 0) is 64.7 Å². The molecular weight excluding hydrogens is 392 g/mol. The predicted molar refractivity (Wildman–Crippen MR) is 99.0 cm³/mol. The summed E-state index contributed by atoms with van der Waals surface area (Å²) >= 11 is 3.37. The van der Waals surface area contributed by atoms with Crippen molar-refractivity contribution in [3.8, 4) is 0 Å². The fourth-order valence-electron chi connectivity index (χ4n) is 2.83. The minimum Gasteiger partial charge on any atom is -0.322 e. The SMILES string of the molecule is CS(=O)(=O)N1CCCc2cc(NC(=O)c3ccccc3Br)ccc21. The lowest BCUT2D eigenvalue weighted by atomic mass is 10.0. The number of carbonyl (C=O) groups is 1. The Bertz CT molecular complexity index is 896. The number of nitrogens with one attached hydrogen (secondary N) is 1. The zero-order valence-corrected chi connectivity index (χ0v) is 15.5. The summed E-state index contributed by atoms with van der Waals surface area (Å²) < 4.78 is 25.9. The summed E-state index contributed by atoms with van der Waals surface area (Å²) in [5.41, 5.74) is 2.83. The summed E-state index contributed by atoms with van der Waals surface area (Å²) in [7, 11) is -3.28. The van der Waals surface area contributed by atoms with Gasteiger partial charge in [-0.15, -0.1) is 0 Å². The van der Waals surface area contributed by atoms with E-state index >= 15 is 0 Å². The van der Waals surface area contributed by atoms with Crippen LogP contribution in [0.1, 0.15) is 22.3 Å². The molecule has 0 radical (unpaired) electrons. The Morgan fingerprint density at radius 1 is 1.21 bits per heavy atom. The monoisotopic (exact) mass is 408 g/mol. The lowest BCUT2D eigenvalue weighted by Gasteiger charge is -2.29. The van der Waals surface area contributed by atoms with Crippen molar-refractivity contribution in [2.24, 2.45) is 0 Å². The van der Waals surface area contributed by atoms with Crippen LogP contribution in [-0.2, 0) is 16.4 Å². The number of benzene rings is 2. The number of halogens is 1. The molecule has 0 unspecified atom stereocenters. The molecule has 0 fully saturated rings. The molecule has 0 aromatic heterocycles. The Morgan fingerprint density at radius 3 is 2.67 bits per heavy atom. The topological polar surface area (TPSA) is 66.5 Å². The van der Waals surface area contributed by atoms with Crippen LogP contribution in [0.25, 0.3) is 0 Å². The largest absolute Gasteiger partial charge is 0.322 e. The summed E-state index contributed by atoms with van der Waals surface area (Å²) in [6, 6.07) is 12.5. The minimum atomic E-state index is -3.28. The molecule has 0 spiro atoms. The third kappa shape index (κ3) is 3.47. The predicted octanol–water partition coefficient (Wildman–Crippen LogP) is 3.41. The number of amides is 1. The minimum absolute atomic E-state index is 0.210. The van der Waals surface area contributed by atoms with Crippen LogP contribution in [0.3, 0.4) is 0 Å². The summed E-state index contributed by atoms with van der Waals surface area (Å²) in [6.45, 7) is 0.495. The Balaban J connectivity index is 1.87. The Kier molecular flexibility index (Phi) is 4.64. The van der Waals surface area contributed by atoms with Crippen molar-refractivity contribution >= 4 is 43.2 Å². The van der Waals surface area contributed by atoms with E-state index in [-0.39, 0.29) is 5.91 Å². The summed E-state index contributed by atoms with van der Waals surface area (Å²) in [6.07, 6.45) is 2.77. The van der Waals surface area contributed by atoms with E-state index in [1.54, 1.807) is 24.3 Å². The van der Waals surface area contributed by atoms with Gasteiger partial charge in [0.05, 0.1) is 17.5 Å². The molecule has 1 N–H and O–H groups in total. The Hall–Kier alpha value is -1.86. The molecule has 0 saturated carbocycles. The molecular formula is C17H17BrN2O3S. The third-order valence-corrected chi connectivity index (χ3v) is 5.80. The van der Waals surface area contributed by atoms with Crippen LogP contribution in [0.5, 0.6) is 0 Å². The van der Waals surface area contributed by atoms with Gasteiger partial charge < -0.3 is 5.32 Å². The first-order valence-corrected chi connectivity index (χ1v) is 10.2. The number of carbonyl (C=O) groups excluding carboxylic acids is 1. The highest BCUT2D eigenvalue weighted by atomic mass is 79.9. The quantitative estimate of drug-likeness (QED) is 0.845. The highest BCUT2D eigenvalue weighted by Crippen LogP contribution is 2.31. The van der Waals surface area contributed by atoms with Crippen LogP contribution in [0.2, 0.25) is 0 Å². The zero-order chi connectivity index (χ0) is 17.3. The molecule has 1 aliphatic rings. The number of rotatable bonds is 3. The molecule has 2 aromatic rings. The van der Waals surface area contributed by atoms with Crippen molar-refractivity contribution in [3.05, 3.63) is 58.1 Å². The highest BCUT2D eigenvalue weighted by Gasteiger charge is 2.24. The standard InChI is InChI=1S/C17H17BrN2O3S/c1-24(22,23)20-10-4-5-12-11-13(8-9-16(12)20)19-17(21)14-6-2-3-7-15(14)18/h2-3,6-9,11H,4-5,10H2,1H3,(H,19,21). The van der Waals surface area contributed by atoms with Gasteiger partial charge in [0.2, 0.25) is 10.0 Å². The normalized spacial score (nSPS) is 14.2. The molecule has 2 aromatic carbocycles. The maximum absolute atomic E-state index is 12.4. The summed E-state index contributed by atoms with van der Waals surface area (Å²) in [5, 5.41) is 2.87. The van der Waals surface area contributed by atoms with Crippen LogP contribution in [0, 0.1) is 0 Å². The summed E-state index contributed by atoms with van der Waals surface area (Å²) in [4.78, 5) is 12.4. The van der Waals surface area contributed by atoms with Crippen molar-refractivity contribution in [2.75, 3.05) is 22.4 Å². The van der Waals surface area contributed by atoms with Gasteiger partial charge in [-0.25, -0.2) is 8.42 Å². The Labute approximate surface area is 149 Å². The van der Waals surface area contributed by atoms with Crippen LogP contribution in [0.15, 0.2) is 46.9 Å². The van der Waals surface area contributed by atoms with Crippen LogP contribution in [-0.4, -0.2) is 27.1 Å². The van der Waals surface area contributed by atoms with E-state index in [2.05, 4.69) is 21.2 Å². The van der Waals surface area contributed by atoms with Crippen molar-refractivity contribution in [3.63, 3.8) is 0 Å². The molecule has 7 heteroatoms. The number of hydrogen-bond donors (Lipinski definition) is 1. The lowest BCUT2D eigenvalue weighted by molar-refractivity contribution is 0.102. The molecule has 5 nitrogen and oxygen atoms in total. The number of fused-ring (bicyclic) bond motifs is 1. The second-order valence-electron chi connectivity index (χ2n) is 5.72. The average Bonchev–Trinajstić information content (AvgIpc) is 2.53. The van der Waals surface area contributed by atoms with Crippen molar-refractivity contribution in [1.82, 2.24) is 0 Å². The van der Waals surface area contributed by atoms with Gasteiger partial charge in [0.1, 0.15) is 0 Å². The molecule has 126 valence electrons. The van der Waals surface area contributed by atoms with E-state index in [9.17, 15) is 13.2 Å². The fourth-order valence-corrected chi connectivity index (χ4v) is 4.29. The molecule has 0 aliphatic carbocycles. The zero-order valence-electron chi connectivity index (χ0n) is 13.1. The van der Waals surface area contributed by atoms with Gasteiger partial charge >= 0.3 is 0 Å².